The fraction of sp³-hybridized carbons (Fsp3) is 0.583. The highest BCUT2D eigenvalue weighted by Crippen LogP contribution is 2.46. The van der Waals surface area contributed by atoms with Gasteiger partial charge >= 0.3 is 0 Å². The van der Waals surface area contributed by atoms with E-state index in [9.17, 15) is 0 Å². The van der Waals surface area contributed by atoms with Gasteiger partial charge in [-0.3, -0.25) is 4.98 Å². The molecular formula is C12H18N2. The molecule has 1 aliphatic rings. The first-order valence-corrected chi connectivity index (χ1v) is 5.32. The van der Waals surface area contributed by atoms with Gasteiger partial charge in [0.2, 0.25) is 0 Å². The number of aromatic nitrogens is 1. The summed E-state index contributed by atoms with van der Waals surface area (Å²) in [6.07, 6.45) is 6.45. The Morgan fingerprint density at radius 2 is 2.36 bits per heavy atom. The first-order valence-electron chi connectivity index (χ1n) is 5.32. The number of hydrogen-bond acceptors (Lipinski definition) is 2. The molecule has 1 heterocycles. The number of pyridine rings is 1. The number of nitrogens with zero attached hydrogens (tertiary/aromatic N) is 1. The molecule has 1 aliphatic carbocycles. The highest BCUT2D eigenvalue weighted by Gasteiger charge is 2.42. The van der Waals surface area contributed by atoms with Crippen molar-refractivity contribution in [1.29, 1.82) is 0 Å². The Morgan fingerprint density at radius 1 is 1.57 bits per heavy atom. The molecule has 0 spiro atoms. The third-order valence-electron chi connectivity index (χ3n) is 3.27. The smallest absolute Gasteiger partial charge is 0.0306 e. The first kappa shape index (κ1) is 9.66. The zero-order chi connectivity index (χ0) is 10.0. The van der Waals surface area contributed by atoms with Gasteiger partial charge in [-0.2, -0.15) is 0 Å². The SMILES string of the molecule is CNCC1(c2cccnc2)CC(C)C1. The summed E-state index contributed by atoms with van der Waals surface area (Å²) in [6, 6.07) is 4.24. The van der Waals surface area contributed by atoms with Gasteiger partial charge in [0.25, 0.3) is 0 Å². The molecule has 0 saturated heterocycles. The highest BCUT2D eigenvalue weighted by atomic mass is 14.8. The summed E-state index contributed by atoms with van der Waals surface area (Å²) in [5, 5.41) is 3.30. The van der Waals surface area contributed by atoms with Gasteiger partial charge in [-0.15, -0.1) is 0 Å². The average Bonchev–Trinajstić information content (AvgIpc) is 2.17. The van der Waals surface area contributed by atoms with Crippen LogP contribution in [-0.4, -0.2) is 18.6 Å². The molecule has 1 fully saturated rings. The molecule has 0 atom stereocenters. The third-order valence-corrected chi connectivity index (χ3v) is 3.27. The maximum atomic E-state index is 4.21. The van der Waals surface area contributed by atoms with Crippen molar-refractivity contribution in [3.63, 3.8) is 0 Å². The van der Waals surface area contributed by atoms with Crippen molar-refractivity contribution < 1.29 is 0 Å². The van der Waals surface area contributed by atoms with Crippen LogP contribution in [-0.2, 0) is 5.41 Å². The Labute approximate surface area is 85.7 Å². The maximum Gasteiger partial charge on any atom is 0.0306 e. The third kappa shape index (κ3) is 1.55. The lowest BCUT2D eigenvalue weighted by molar-refractivity contribution is 0.155. The summed E-state index contributed by atoms with van der Waals surface area (Å²) in [5.41, 5.74) is 1.76. The van der Waals surface area contributed by atoms with Crippen LogP contribution in [0.5, 0.6) is 0 Å². The van der Waals surface area contributed by atoms with Crippen LogP contribution in [0, 0.1) is 5.92 Å². The van der Waals surface area contributed by atoms with Crippen LogP contribution in [0.15, 0.2) is 24.5 Å². The first-order chi connectivity index (χ1) is 6.77. The second-order valence-electron chi connectivity index (χ2n) is 4.57. The fourth-order valence-electron chi connectivity index (χ4n) is 2.77. The summed E-state index contributed by atoms with van der Waals surface area (Å²) in [4.78, 5) is 4.21. The average molecular weight is 190 g/mol. The van der Waals surface area contributed by atoms with Gasteiger partial charge in [0, 0.05) is 24.4 Å². The van der Waals surface area contributed by atoms with Crippen LogP contribution >= 0.6 is 0 Å². The fourth-order valence-corrected chi connectivity index (χ4v) is 2.77. The van der Waals surface area contributed by atoms with Gasteiger partial charge in [0.1, 0.15) is 0 Å². The van der Waals surface area contributed by atoms with E-state index in [-0.39, 0.29) is 0 Å². The molecule has 1 aromatic heterocycles. The van der Waals surface area contributed by atoms with Crippen molar-refractivity contribution in [1.82, 2.24) is 10.3 Å². The van der Waals surface area contributed by atoms with E-state index in [1.807, 2.05) is 25.5 Å². The lowest BCUT2D eigenvalue weighted by atomic mass is 9.59. The molecule has 2 heteroatoms. The van der Waals surface area contributed by atoms with Crippen LogP contribution in [0.1, 0.15) is 25.3 Å². The molecule has 0 aliphatic heterocycles. The van der Waals surface area contributed by atoms with E-state index < -0.39 is 0 Å². The van der Waals surface area contributed by atoms with E-state index in [4.69, 9.17) is 0 Å². The summed E-state index contributed by atoms with van der Waals surface area (Å²) in [5.74, 6) is 0.864. The monoisotopic (exact) mass is 190 g/mol. The minimum Gasteiger partial charge on any atom is -0.319 e. The molecule has 0 aromatic carbocycles. The Kier molecular flexibility index (Phi) is 2.55. The molecule has 1 saturated carbocycles. The normalized spacial score (nSPS) is 31.1. The van der Waals surface area contributed by atoms with Crippen molar-refractivity contribution in [2.75, 3.05) is 13.6 Å². The lowest BCUT2D eigenvalue weighted by Gasteiger charge is -2.47. The van der Waals surface area contributed by atoms with E-state index in [1.54, 1.807) is 0 Å². The molecule has 0 bridgehead atoms. The van der Waals surface area contributed by atoms with Crippen LogP contribution < -0.4 is 5.32 Å². The molecule has 2 rings (SSSR count). The van der Waals surface area contributed by atoms with Gasteiger partial charge < -0.3 is 5.32 Å². The zero-order valence-electron chi connectivity index (χ0n) is 8.96. The summed E-state index contributed by atoms with van der Waals surface area (Å²) in [6.45, 7) is 3.40. The number of nitrogens with one attached hydrogen (secondary N) is 1. The Morgan fingerprint density at radius 3 is 2.86 bits per heavy atom. The van der Waals surface area contributed by atoms with Crippen LogP contribution in [0.2, 0.25) is 0 Å². The van der Waals surface area contributed by atoms with Gasteiger partial charge in [0.15, 0.2) is 0 Å². The molecule has 2 nitrogen and oxygen atoms in total. The van der Waals surface area contributed by atoms with Gasteiger partial charge in [0.05, 0.1) is 0 Å². The largest absolute Gasteiger partial charge is 0.319 e. The topological polar surface area (TPSA) is 24.9 Å². The molecule has 0 unspecified atom stereocenters. The maximum absolute atomic E-state index is 4.21. The number of hydrogen-bond donors (Lipinski definition) is 1. The highest BCUT2D eigenvalue weighted by molar-refractivity contribution is 5.26. The predicted octanol–water partition coefficient (Wildman–Crippen LogP) is 1.97. The number of likely N-dealkylation sites (N-methyl/N-ethyl adjacent to an activating group) is 1. The van der Waals surface area contributed by atoms with Crippen molar-refractivity contribution in [3.05, 3.63) is 30.1 Å². The van der Waals surface area contributed by atoms with Crippen molar-refractivity contribution in [2.45, 2.75) is 25.2 Å². The quantitative estimate of drug-likeness (QED) is 0.788. The summed E-state index contributed by atoms with van der Waals surface area (Å²) >= 11 is 0. The Bertz CT molecular complexity index is 283. The molecular weight excluding hydrogens is 172 g/mol. The van der Waals surface area contributed by atoms with E-state index in [0.29, 0.717) is 5.41 Å². The predicted molar refractivity (Wildman–Crippen MR) is 58.2 cm³/mol. The van der Waals surface area contributed by atoms with E-state index in [0.717, 1.165) is 12.5 Å². The standard InChI is InChI=1S/C12H18N2/c1-10-6-12(7-10,9-13-2)11-4-3-5-14-8-11/h3-5,8,10,13H,6-7,9H2,1-2H3. The van der Waals surface area contributed by atoms with Crippen molar-refractivity contribution in [3.8, 4) is 0 Å². The second-order valence-corrected chi connectivity index (χ2v) is 4.57. The molecule has 0 radical (unpaired) electrons. The van der Waals surface area contributed by atoms with Gasteiger partial charge in [-0.25, -0.2) is 0 Å². The zero-order valence-corrected chi connectivity index (χ0v) is 8.96. The minimum atomic E-state index is 0.364. The Balaban J connectivity index is 2.20. The van der Waals surface area contributed by atoms with Crippen LogP contribution in [0.25, 0.3) is 0 Å². The van der Waals surface area contributed by atoms with Crippen LogP contribution in [0.4, 0.5) is 0 Å². The van der Waals surface area contributed by atoms with Gasteiger partial charge in [-0.1, -0.05) is 13.0 Å². The molecule has 76 valence electrons. The van der Waals surface area contributed by atoms with E-state index >= 15 is 0 Å². The molecule has 0 amide bonds. The van der Waals surface area contributed by atoms with E-state index in [1.165, 1.54) is 18.4 Å². The van der Waals surface area contributed by atoms with E-state index in [2.05, 4.69) is 23.3 Å². The molecule has 1 aromatic rings. The molecule has 14 heavy (non-hydrogen) atoms. The second kappa shape index (κ2) is 3.70. The lowest BCUT2D eigenvalue weighted by Crippen LogP contribution is -2.47. The van der Waals surface area contributed by atoms with Crippen molar-refractivity contribution >= 4 is 0 Å². The summed E-state index contributed by atoms with van der Waals surface area (Å²) in [7, 11) is 2.03. The Hall–Kier alpha value is -0.890. The summed E-state index contributed by atoms with van der Waals surface area (Å²) < 4.78 is 0. The van der Waals surface area contributed by atoms with Crippen LogP contribution in [0.3, 0.4) is 0 Å². The van der Waals surface area contributed by atoms with Crippen molar-refractivity contribution in [2.24, 2.45) is 5.92 Å². The van der Waals surface area contributed by atoms with Gasteiger partial charge in [-0.05, 0) is 37.4 Å². The minimum absolute atomic E-state index is 0.364. The molecule has 1 N–H and O–H groups in total. The number of rotatable bonds is 3.